The molecule has 0 bridgehead atoms. The van der Waals surface area contributed by atoms with Gasteiger partial charge in [-0.1, -0.05) is 35.3 Å². The molecule has 106 valence electrons. The molecular weight excluding hydrogens is 298 g/mol. The van der Waals surface area contributed by atoms with Gasteiger partial charge in [0.15, 0.2) is 0 Å². The van der Waals surface area contributed by atoms with Crippen molar-refractivity contribution in [2.45, 2.75) is 19.4 Å². The fourth-order valence-corrected chi connectivity index (χ4v) is 2.69. The van der Waals surface area contributed by atoms with Gasteiger partial charge in [-0.15, -0.1) is 0 Å². The summed E-state index contributed by atoms with van der Waals surface area (Å²) in [6, 6.07) is 9.95. The Kier molecular flexibility index (Phi) is 5.00. The molecule has 2 aromatic carbocycles. The van der Waals surface area contributed by atoms with Crippen molar-refractivity contribution in [3.05, 3.63) is 69.0 Å². The molecule has 0 aliphatic carbocycles. The van der Waals surface area contributed by atoms with E-state index in [9.17, 15) is 4.39 Å². The van der Waals surface area contributed by atoms with Crippen LogP contribution >= 0.6 is 23.2 Å². The van der Waals surface area contributed by atoms with Crippen molar-refractivity contribution in [2.24, 2.45) is 5.84 Å². The van der Waals surface area contributed by atoms with E-state index in [1.54, 1.807) is 6.07 Å². The van der Waals surface area contributed by atoms with Crippen molar-refractivity contribution in [1.82, 2.24) is 5.43 Å². The monoisotopic (exact) mass is 312 g/mol. The average Bonchev–Trinajstić information content (AvgIpc) is 2.36. The van der Waals surface area contributed by atoms with Gasteiger partial charge in [-0.05, 0) is 54.3 Å². The largest absolute Gasteiger partial charge is 0.271 e. The van der Waals surface area contributed by atoms with E-state index in [-0.39, 0.29) is 11.9 Å². The van der Waals surface area contributed by atoms with Gasteiger partial charge in [0.2, 0.25) is 0 Å². The molecule has 0 aromatic heterocycles. The van der Waals surface area contributed by atoms with Crippen LogP contribution < -0.4 is 11.3 Å². The lowest BCUT2D eigenvalue weighted by atomic mass is 9.98. The Balaban J connectivity index is 2.28. The molecule has 0 aliphatic rings. The maximum atomic E-state index is 13.1. The number of benzene rings is 2. The van der Waals surface area contributed by atoms with Gasteiger partial charge < -0.3 is 0 Å². The third-order valence-corrected chi connectivity index (χ3v) is 3.68. The van der Waals surface area contributed by atoms with Crippen LogP contribution in [-0.2, 0) is 6.42 Å². The SMILES string of the molecule is Cc1cc(Cl)cc(C(Cc2ccc(F)cc2Cl)NN)c1. The van der Waals surface area contributed by atoms with Gasteiger partial charge >= 0.3 is 0 Å². The fourth-order valence-electron chi connectivity index (χ4n) is 2.15. The van der Waals surface area contributed by atoms with Crippen LogP contribution in [0.5, 0.6) is 0 Å². The van der Waals surface area contributed by atoms with Crippen LogP contribution in [0.1, 0.15) is 22.7 Å². The van der Waals surface area contributed by atoms with E-state index in [4.69, 9.17) is 29.0 Å². The van der Waals surface area contributed by atoms with Crippen LogP contribution in [0.15, 0.2) is 36.4 Å². The number of hydrogen-bond donors (Lipinski definition) is 2. The molecule has 2 aromatic rings. The van der Waals surface area contributed by atoms with Gasteiger partial charge in [0.1, 0.15) is 5.82 Å². The second-order valence-corrected chi connectivity index (χ2v) is 5.56. The summed E-state index contributed by atoms with van der Waals surface area (Å²) in [7, 11) is 0. The molecule has 0 spiro atoms. The van der Waals surface area contributed by atoms with Crippen LogP contribution in [0.3, 0.4) is 0 Å². The van der Waals surface area contributed by atoms with E-state index in [2.05, 4.69) is 5.43 Å². The molecule has 0 fully saturated rings. The summed E-state index contributed by atoms with van der Waals surface area (Å²) < 4.78 is 13.1. The molecule has 1 atom stereocenters. The van der Waals surface area contributed by atoms with Crippen molar-refractivity contribution >= 4 is 23.2 Å². The summed E-state index contributed by atoms with van der Waals surface area (Å²) in [6.45, 7) is 1.97. The summed E-state index contributed by atoms with van der Waals surface area (Å²) in [4.78, 5) is 0. The third kappa shape index (κ3) is 3.70. The van der Waals surface area contributed by atoms with Crippen molar-refractivity contribution in [3.8, 4) is 0 Å². The second kappa shape index (κ2) is 6.55. The Labute approximate surface area is 127 Å². The predicted octanol–water partition coefficient (Wildman–Crippen LogP) is 4.19. The molecule has 3 N–H and O–H groups in total. The van der Waals surface area contributed by atoms with Gasteiger partial charge in [0.05, 0.1) is 6.04 Å². The number of halogens is 3. The molecule has 0 amide bonds. The second-order valence-electron chi connectivity index (χ2n) is 4.72. The highest BCUT2D eigenvalue weighted by atomic mass is 35.5. The number of hydrazine groups is 1. The van der Waals surface area contributed by atoms with E-state index in [0.29, 0.717) is 16.5 Å². The topological polar surface area (TPSA) is 38.0 Å². The molecule has 20 heavy (non-hydrogen) atoms. The van der Waals surface area contributed by atoms with Crippen LogP contribution in [0, 0.1) is 12.7 Å². The maximum absolute atomic E-state index is 13.1. The Bertz CT molecular complexity index is 597. The van der Waals surface area contributed by atoms with Crippen LogP contribution in [0.4, 0.5) is 4.39 Å². The molecular formula is C15H15Cl2FN2. The summed E-state index contributed by atoms with van der Waals surface area (Å²) >= 11 is 12.1. The Morgan fingerprint density at radius 2 is 1.95 bits per heavy atom. The zero-order valence-corrected chi connectivity index (χ0v) is 12.5. The van der Waals surface area contributed by atoms with Gasteiger partial charge in [-0.25, -0.2) is 4.39 Å². The number of hydrogen-bond acceptors (Lipinski definition) is 2. The van der Waals surface area contributed by atoms with E-state index < -0.39 is 0 Å². The summed E-state index contributed by atoms with van der Waals surface area (Å²) in [5.74, 6) is 5.27. The van der Waals surface area contributed by atoms with Crippen molar-refractivity contribution in [2.75, 3.05) is 0 Å². The summed E-state index contributed by atoms with van der Waals surface area (Å²) in [5, 5.41) is 1.05. The average molecular weight is 313 g/mol. The first kappa shape index (κ1) is 15.3. The summed E-state index contributed by atoms with van der Waals surface area (Å²) in [5.41, 5.74) is 5.60. The molecule has 5 heteroatoms. The molecule has 0 aliphatic heterocycles. The van der Waals surface area contributed by atoms with Crippen LogP contribution in [0.2, 0.25) is 10.0 Å². The normalized spacial score (nSPS) is 12.4. The maximum Gasteiger partial charge on any atom is 0.124 e. The van der Waals surface area contributed by atoms with Gasteiger partial charge in [0, 0.05) is 10.0 Å². The zero-order valence-electron chi connectivity index (χ0n) is 11.0. The Morgan fingerprint density at radius 3 is 2.55 bits per heavy atom. The number of nitrogens with two attached hydrogens (primary N) is 1. The molecule has 2 rings (SSSR count). The fraction of sp³-hybridized carbons (Fsp3) is 0.200. The molecule has 0 heterocycles. The third-order valence-electron chi connectivity index (χ3n) is 3.11. The van der Waals surface area contributed by atoms with E-state index in [0.717, 1.165) is 16.7 Å². The molecule has 1 unspecified atom stereocenters. The molecule has 0 radical (unpaired) electrons. The van der Waals surface area contributed by atoms with Crippen molar-refractivity contribution < 1.29 is 4.39 Å². The quantitative estimate of drug-likeness (QED) is 0.656. The first-order chi connectivity index (χ1) is 9.49. The minimum Gasteiger partial charge on any atom is -0.271 e. The highest BCUT2D eigenvalue weighted by Crippen LogP contribution is 2.26. The van der Waals surface area contributed by atoms with Crippen LogP contribution in [-0.4, -0.2) is 0 Å². The smallest absolute Gasteiger partial charge is 0.124 e. The standard InChI is InChI=1S/C15H15Cl2FN2/c1-9-4-11(6-12(16)5-9)15(20-19)7-10-2-3-13(18)8-14(10)17/h2-6,8,15,20H,7,19H2,1H3. The Morgan fingerprint density at radius 1 is 1.20 bits per heavy atom. The first-order valence-corrected chi connectivity index (χ1v) is 6.92. The van der Waals surface area contributed by atoms with Crippen LogP contribution in [0.25, 0.3) is 0 Å². The zero-order chi connectivity index (χ0) is 14.7. The lowest BCUT2D eigenvalue weighted by molar-refractivity contribution is 0.550. The highest BCUT2D eigenvalue weighted by molar-refractivity contribution is 6.31. The number of rotatable bonds is 4. The van der Waals surface area contributed by atoms with Gasteiger partial charge in [0.25, 0.3) is 0 Å². The first-order valence-electron chi connectivity index (χ1n) is 6.16. The predicted molar refractivity (Wildman–Crippen MR) is 81.4 cm³/mol. The number of aryl methyl sites for hydroxylation is 1. The molecule has 0 saturated heterocycles. The lowest BCUT2D eigenvalue weighted by Crippen LogP contribution is -2.29. The minimum atomic E-state index is -0.352. The van der Waals surface area contributed by atoms with E-state index in [1.165, 1.54) is 12.1 Å². The molecule has 0 saturated carbocycles. The van der Waals surface area contributed by atoms with E-state index in [1.807, 2.05) is 25.1 Å². The van der Waals surface area contributed by atoms with Crippen molar-refractivity contribution in [3.63, 3.8) is 0 Å². The lowest BCUT2D eigenvalue weighted by Gasteiger charge is -2.18. The summed E-state index contributed by atoms with van der Waals surface area (Å²) in [6.07, 6.45) is 0.551. The van der Waals surface area contributed by atoms with E-state index >= 15 is 0 Å². The Hall–Kier alpha value is -1.13. The van der Waals surface area contributed by atoms with Gasteiger partial charge in [-0.2, -0.15) is 0 Å². The highest BCUT2D eigenvalue weighted by Gasteiger charge is 2.14. The van der Waals surface area contributed by atoms with Crippen molar-refractivity contribution in [1.29, 1.82) is 0 Å². The minimum absolute atomic E-state index is 0.143. The number of nitrogens with one attached hydrogen (secondary N) is 1. The van der Waals surface area contributed by atoms with Gasteiger partial charge in [-0.3, -0.25) is 11.3 Å². The molecule has 2 nitrogen and oxygen atoms in total.